The van der Waals surface area contributed by atoms with Crippen LogP contribution in [0.25, 0.3) is 0 Å². The molecule has 0 aliphatic carbocycles. The zero-order valence-electron chi connectivity index (χ0n) is 6.65. The quantitative estimate of drug-likeness (QED) is 0.587. The van der Waals surface area contributed by atoms with Gasteiger partial charge in [-0.3, -0.25) is 0 Å². The Morgan fingerprint density at radius 3 is 2.75 bits per heavy atom. The monoisotopic (exact) mass is 163 g/mol. The fourth-order valence-electron chi connectivity index (χ4n) is 0.758. The topological polar surface area (TPSA) is 82.9 Å². The summed E-state index contributed by atoms with van der Waals surface area (Å²) in [5.74, 6) is 0.368. The average molecular weight is 163 g/mol. The maximum atomic E-state index is 9.44. The normalized spacial score (nSPS) is 14.8. The molecule has 0 saturated carbocycles. The molecule has 1 unspecified atom stereocenters. The molecule has 1 atom stereocenters. The lowest BCUT2D eigenvalue weighted by Gasteiger charge is -2.13. The average Bonchev–Trinajstić information content (AvgIpc) is 2.05. The minimum Gasteiger partial charge on any atom is -0.384 e. The van der Waals surface area contributed by atoms with Gasteiger partial charge in [0.15, 0.2) is 5.60 Å². The van der Waals surface area contributed by atoms with Crippen LogP contribution in [0.1, 0.15) is 12.5 Å². The van der Waals surface area contributed by atoms with Crippen molar-refractivity contribution in [2.24, 2.45) is 0 Å². The number of nitrogens with two attached hydrogens (primary N) is 1. The summed E-state index contributed by atoms with van der Waals surface area (Å²) in [5, 5.41) is 18.0. The first-order chi connectivity index (χ1) is 5.56. The van der Waals surface area contributed by atoms with Crippen molar-refractivity contribution in [2.75, 3.05) is 5.73 Å². The number of nitrogen functional groups attached to an aromatic ring is 1. The number of aromatic nitrogens is 1. The molecule has 1 aromatic heterocycles. The highest BCUT2D eigenvalue weighted by Crippen LogP contribution is 2.18. The van der Waals surface area contributed by atoms with Crippen molar-refractivity contribution >= 4 is 5.82 Å². The second-order valence-corrected chi connectivity index (χ2v) is 2.66. The van der Waals surface area contributed by atoms with Crippen molar-refractivity contribution in [1.29, 1.82) is 5.26 Å². The SMILES string of the molecule is CC(O)(C#N)c1ccc(N)nc1. The van der Waals surface area contributed by atoms with Crippen molar-refractivity contribution in [1.82, 2.24) is 4.98 Å². The lowest BCUT2D eigenvalue weighted by molar-refractivity contribution is 0.119. The van der Waals surface area contributed by atoms with E-state index in [0.717, 1.165) is 0 Å². The van der Waals surface area contributed by atoms with Gasteiger partial charge in [0.25, 0.3) is 0 Å². The molecule has 4 heteroatoms. The summed E-state index contributed by atoms with van der Waals surface area (Å²) in [6.07, 6.45) is 1.39. The Morgan fingerprint density at radius 1 is 1.67 bits per heavy atom. The van der Waals surface area contributed by atoms with Crippen molar-refractivity contribution in [3.8, 4) is 6.07 Å². The Hall–Kier alpha value is -1.60. The third-order valence-corrected chi connectivity index (χ3v) is 1.57. The van der Waals surface area contributed by atoms with Crippen LogP contribution < -0.4 is 5.73 Å². The predicted octanol–water partition coefficient (Wildman–Crippen LogP) is 0.395. The molecule has 1 rings (SSSR count). The van der Waals surface area contributed by atoms with E-state index in [9.17, 15) is 5.11 Å². The first-order valence-corrected chi connectivity index (χ1v) is 3.42. The highest BCUT2D eigenvalue weighted by Gasteiger charge is 2.21. The lowest BCUT2D eigenvalue weighted by atomic mass is 10.0. The molecule has 4 nitrogen and oxygen atoms in total. The molecule has 0 aromatic carbocycles. The van der Waals surface area contributed by atoms with Gasteiger partial charge in [-0.1, -0.05) is 0 Å². The number of rotatable bonds is 1. The maximum absolute atomic E-state index is 9.44. The summed E-state index contributed by atoms with van der Waals surface area (Å²) in [6.45, 7) is 1.40. The Morgan fingerprint density at radius 2 is 2.33 bits per heavy atom. The smallest absolute Gasteiger partial charge is 0.175 e. The first-order valence-electron chi connectivity index (χ1n) is 3.42. The van der Waals surface area contributed by atoms with Crippen LogP contribution in [-0.2, 0) is 5.60 Å². The largest absolute Gasteiger partial charge is 0.384 e. The Bertz CT molecular complexity index is 310. The van der Waals surface area contributed by atoms with Gasteiger partial charge in [-0.05, 0) is 19.1 Å². The molecule has 0 spiro atoms. The molecular weight excluding hydrogens is 154 g/mol. The van der Waals surface area contributed by atoms with Crippen LogP contribution in [0.2, 0.25) is 0 Å². The van der Waals surface area contributed by atoms with Crippen molar-refractivity contribution in [2.45, 2.75) is 12.5 Å². The molecule has 0 amide bonds. The number of hydrogen-bond donors (Lipinski definition) is 2. The second kappa shape index (κ2) is 2.80. The van der Waals surface area contributed by atoms with E-state index >= 15 is 0 Å². The van der Waals surface area contributed by atoms with E-state index in [1.165, 1.54) is 13.1 Å². The van der Waals surface area contributed by atoms with E-state index in [1.807, 2.05) is 0 Å². The second-order valence-electron chi connectivity index (χ2n) is 2.66. The van der Waals surface area contributed by atoms with Gasteiger partial charge in [0.1, 0.15) is 11.9 Å². The Labute approximate surface area is 70.3 Å². The summed E-state index contributed by atoms with van der Waals surface area (Å²) >= 11 is 0. The standard InChI is InChI=1S/C8H9N3O/c1-8(12,5-9)6-2-3-7(10)11-4-6/h2-4,12H,1H3,(H2,10,11). The van der Waals surface area contributed by atoms with E-state index in [4.69, 9.17) is 11.0 Å². The number of nitriles is 1. The van der Waals surface area contributed by atoms with Crippen LogP contribution in [-0.4, -0.2) is 10.1 Å². The Balaban J connectivity index is 3.07. The van der Waals surface area contributed by atoms with Crippen LogP contribution in [0, 0.1) is 11.3 Å². The highest BCUT2D eigenvalue weighted by molar-refractivity contribution is 5.33. The molecular formula is C8H9N3O. The van der Waals surface area contributed by atoms with E-state index in [2.05, 4.69) is 4.98 Å². The van der Waals surface area contributed by atoms with Gasteiger partial charge in [0.2, 0.25) is 0 Å². The van der Waals surface area contributed by atoms with E-state index < -0.39 is 5.60 Å². The summed E-state index contributed by atoms with van der Waals surface area (Å²) in [4.78, 5) is 3.76. The fraction of sp³-hybridized carbons (Fsp3) is 0.250. The number of nitrogens with zero attached hydrogens (tertiary/aromatic N) is 2. The fourth-order valence-corrected chi connectivity index (χ4v) is 0.758. The molecule has 1 heterocycles. The van der Waals surface area contributed by atoms with Gasteiger partial charge in [0, 0.05) is 11.8 Å². The molecule has 0 radical (unpaired) electrons. The summed E-state index contributed by atoms with van der Waals surface area (Å²) < 4.78 is 0. The van der Waals surface area contributed by atoms with Crippen LogP contribution in [0.3, 0.4) is 0 Å². The van der Waals surface area contributed by atoms with Gasteiger partial charge in [-0.15, -0.1) is 0 Å². The molecule has 62 valence electrons. The zero-order chi connectivity index (χ0) is 9.19. The molecule has 0 fully saturated rings. The van der Waals surface area contributed by atoms with Crippen LogP contribution in [0.5, 0.6) is 0 Å². The van der Waals surface area contributed by atoms with E-state index in [1.54, 1.807) is 18.2 Å². The van der Waals surface area contributed by atoms with Crippen LogP contribution in [0.4, 0.5) is 5.82 Å². The number of aliphatic hydroxyl groups is 1. The van der Waals surface area contributed by atoms with E-state index in [0.29, 0.717) is 11.4 Å². The minimum atomic E-state index is -1.49. The maximum Gasteiger partial charge on any atom is 0.175 e. The number of pyridine rings is 1. The molecule has 0 bridgehead atoms. The molecule has 3 N–H and O–H groups in total. The van der Waals surface area contributed by atoms with Crippen LogP contribution in [0.15, 0.2) is 18.3 Å². The van der Waals surface area contributed by atoms with Gasteiger partial charge >= 0.3 is 0 Å². The van der Waals surface area contributed by atoms with Crippen LogP contribution >= 0.6 is 0 Å². The Kier molecular flexibility index (Phi) is 1.98. The molecule has 0 aliphatic heterocycles. The lowest BCUT2D eigenvalue weighted by Crippen LogP contribution is -2.18. The van der Waals surface area contributed by atoms with Gasteiger partial charge in [-0.25, -0.2) is 4.98 Å². The van der Waals surface area contributed by atoms with Gasteiger partial charge < -0.3 is 10.8 Å². The number of anilines is 1. The molecule has 12 heavy (non-hydrogen) atoms. The molecule has 0 saturated heterocycles. The molecule has 1 aromatic rings. The molecule has 0 aliphatic rings. The van der Waals surface area contributed by atoms with Crippen molar-refractivity contribution < 1.29 is 5.11 Å². The highest BCUT2D eigenvalue weighted by atomic mass is 16.3. The summed E-state index contributed by atoms with van der Waals surface area (Å²) in [6, 6.07) is 4.87. The summed E-state index contributed by atoms with van der Waals surface area (Å²) in [5.41, 5.74) is 4.29. The van der Waals surface area contributed by atoms with Gasteiger partial charge in [-0.2, -0.15) is 5.26 Å². The predicted molar refractivity (Wildman–Crippen MR) is 43.8 cm³/mol. The van der Waals surface area contributed by atoms with Crippen molar-refractivity contribution in [3.05, 3.63) is 23.9 Å². The van der Waals surface area contributed by atoms with Gasteiger partial charge in [0.05, 0.1) is 0 Å². The third kappa shape index (κ3) is 1.52. The summed E-state index contributed by atoms with van der Waals surface area (Å²) in [7, 11) is 0. The van der Waals surface area contributed by atoms with E-state index in [-0.39, 0.29) is 0 Å². The minimum absolute atomic E-state index is 0.368. The first kappa shape index (κ1) is 8.50. The number of hydrogen-bond acceptors (Lipinski definition) is 4. The van der Waals surface area contributed by atoms with Crippen molar-refractivity contribution in [3.63, 3.8) is 0 Å². The zero-order valence-corrected chi connectivity index (χ0v) is 6.65. The third-order valence-electron chi connectivity index (χ3n) is 1.57.